The van der Waals surface area contributed by atoms with E-state index in [2.05, 4.69) is 10.3 Å². The van der Waals surface area contributed by atoms with Crippen molar-refractivity contribution in [3.63, 3.8) is 0 Å². The molecule has 4 nitrogen and oxygen atoms in total. The Balaban J connectivity index is 2.36. The third-order valence-corrected chi connectivity index (χ3v) is 2.03. The minimum atomic E-state index is -0.278. The highest BCUT2D eigenvalue weighted by Crippen LogP contribution is 2.09. The lowest BCUT2D eigenvalue weighted by Crippen LogP contribution is -2.24. The molecule has 1 heterocycles. The molecule has 0 spiro atoms. The summed E-state index contributed by atoms with van der Waals surface area (Å²) in [5, 5.41) is 3.20. The summed E-state index contributed by atoms with van der Waals surface area (Å²) in [6, 6.07) is 4.11. The van der Waals surface area contributed by atoms with Gasteiger partial charge in [-0.2, -0.15) is 0 Å². The summed E-state index contributed by atoms with van der Waals surface area (Å²) in [6.07, 6.45) is 3.87. The number of aromatic nitrogens is 1. The smallest absolute Gasteiger partial charge is 0.218 e. The first-order valence-corrected chi connectivity index (χ1v) is 4.62. The van der Waals surface area contributed by atoms with Gasteiger partial charge in [0.15, 0.2) is 0 Å². The molecular weight excluding hydrogens is 178 g/mol. The minimum Gasteiger partial charge on any atom is -0.370 e. The first-order chi connectivity index (χ1) is 6.70. The highest BCUT2D eigenvalue weighted by atomic mass is 16.1. The molecule has 0 aliphatic carbocycles. The van der Waals surface area contributed by atoms with Crippen LogP contribution in [0, 0.1) is 0 Å². The maximum atomic E-state index is 10.5. The zero-order chi connectivity index (χ0) is 10.4. The van der Waals surface area contributed by atoms with Crippen LogP contribution in [0.15, 0.2) is 24.5 Å². The summed E-state index contributed by atoms with van der Waals surface area (Å²) in [5.41, 5.74) is 6.19. The summed E-state index contributed by atoms with van der Waals surface area (Å²) < 4.78 is 0. The Morgan fingerprint density at radius 1 is 1.57 bits per heavy atom. The Hall–Kier alpha value is -1.42. The van der Waals surface area contributed by atoms with E-state index in [1.807, 2.05) is 19.1 Å². The van der Waals surface area contributed by atoms with Crippen molar-refractivity contribution in [1.29, 1.82) is 0 Å². The van der Waals surface area contributed by atoms with Crippen molar-refractivity contribution in [1.82, 2.24) is 10.3 Å². The van der Waals surface area contributed by atoms with Crippen LogP contribution in [0.5, 0.6) is 0 Å². The lowest BCUT2D eigenvalue weighted by atomic mass is 10.1. The predicted octanol–water partition coefficient (Wildman–Crippen LogP) is 0.608. The van der Waals surface area contributed by atoms with Crippen LogP contribution in [0.25, 0.3) is 0 Å². The Morgan fingerprint density at radius 2 is 2.21 bits per heavy atom. The van der Waals surface area contributed by atoms with Gasteiger partial charge in [0.05, 0.1) is 0 Å². The summed E-state index contributed by atoms with van der Waals surface area (Å²) in [6.45, 7) is 2.65. The molecule has 76 valence electrons. The molecular formula is C10H15N3O. The second kappa shape index (κ2) is 5.34. The van der Waals surface area contributed by atoms with Gasteiger partial charge >= 0.3 is 0 Å². The molecule has 4 heteroatoms. The quantitative estimate of drug-likeness (QED) is 0.719. The molecule has 0 saturated heterocycles. The molecule has 0 bridgehead atoms. The molecule has 0 unspecified atom stereocenters. The number of nitrogens with zero attached hydrogens (tertiary/aromatic N) is 1. The number of nitrogens with one attached hydrogen (secondary N) is 1. The van der Waals surface area contributed by atoms with Crippen molar-refractivity contribution >= 4 is 5.91 Å². The number of carbonyl (C=O) groups is 1. The molecule has 1 amide bonds. The average molecular weight is 193 g/mol. The Kier molecular flexibility index (Phi) is 4.07. The van der Waals surface area contributed by atoms with E-state index in [0.29, 0.717) is 13.0 Å². The van der Waals surface area contributed by atoms with Crippen LogP contribution in [0.1, 0.15) is 24.9 Å². The normalized spacial score (nSPS) is 12.4. The topological polar surface area (TPSA) is 68.0 Å². The number of hydrogen-bond acceptors (Lipinski definition) is 3. The maximum absolute atomic E-state index is 10.5. The minimum absolute atomic E-state index is 0.220. The van der Waals surface area contributed by atoms with E-state index in [-0.39, 0.29) is 11.9 Å². The number of amides is 1. The third-order valence-electron chi connectivity index (χ3n) is 2.03. The van der Waals surface area contributed by atoms with Gasteiger partial charge in [0.1, 0.15) is 0 Å². The Labute approximate surface area is 83.5 Å². The van der Waals surface area contributed by atoms with Crippen molar-refractivity contribution in [3.05, 3.63) is 30.1 Å². The van der Waals surface area contributed by atoms with E-state index >= 15 is 0 Å². The van der Waals surface area contributed by atoms with Gasteiger partial charge in [0, 0.05) is 31.4 Å². The van der Waals surface area contributed by atoms with Gasteiger partial charge in [-0.05, 0) is 24.6 Å². The van der Waals surface area contributed by atoms with Crippen molar-refractivity contribution < 1.29 is 4.79 Å². The lowest BCUT2D eigenvalue weighted by Gasteiger charge is -2.12. The second-order valence-corrected chi connectivity index (χ2v) is 3.17. The van der Waals surface area contributed by atoms with Crippen LogP contribution in [-0.2, 0) is 4.79 Å². The average Bonchev–Trinajstić information content (AvgIpc) is 2.18. The van der Waals surface area contributed by atoms with Gasteiger partial charge in [-0.25, -0.2) is 0 Å². The zero-order valence-corrected chi connectivity index (χ0v) is 8.23. The second-order valence-electron chi connectivity index (χ2n) is 3.17. The Morgan fingerprint density at radius 3 is 2.79 bits per heavy atom. The van der Waals surface area contributed by atoms with Crippen LogP contribution in [0.2, 0.25) is 0 Å². The number of rotatable bonds is 5. The van der Waals surface area contributed by atoms with E-state index in [0.717, 1.165) is 5.56 Å². The monoisotopic (exact) mass is 193 g/mol. The van der Waals surface area contributed by atoms with Gasteiger partial charge in [-0.1, -0.05) is 0 Å². The van der Waals surface area contributed by atoms with Crippen LogP contribution < -0.4 is 11.1 Å². The molecule has 1 aromatic rings. The largest absolute Gasteiger partial charge is 0.370 e. The van der Waals surface area contributed by atoms with Gasteiger partial charge in [0.2, 0.25) is 5.91 Å². The highest BCUT2D eigenvalue weighted by molar-refractivity contribution is 5.73. The van der Waals surface area contributed by atoms with Crippen molar-refractivity contribution in [2.45, 2.75) is 19.4 Å². The molecule has 0 fully saturated rings. The molecule has 0 aromatic carbocycles. The number of primary amides is 1. The van der Waals surface area contributed by atoms with E-state index < -0.39 is 0 Å². The molecule has 3 N–H and O–H groups in total. The molecule has 1 atom stereocenters. The van der Waals surface area contributed by atoms with Crippen LogP contribution >= 0.6 is 0 Å². The fourth-order valence-corrected chi connectivity index (χ4v) is 1.18. The Bertz CT molecular complexity index is 287. The van der Waals surface area contributed by atoms with Gasteiger partial charge in [-0.3, -0.25) is 9.78 Å². The standard InChI is InChI=1S/C10H15N3O/c1-8(13-7-4-10(11)14)9-2-5-12-6-3-9/h2-3,5-6,8,13H,4,7H2,1H3,(H2,11,14)/t8-/m1/s1. The number of carbonyl (C=O) groups excluding carboxylic acids is 1. The summed E-state index contributed by atoms with van der Waals surface area (Å²) in [7, 11) is 0. The van der Waals surface area contributed by atoms with Crippen LogP contribution in [0.3, 0.4) is 0 Å². The van der Waals surface area contributed by atoms with Crippen molar-refractivity contribution in [2.24, 2.45) is 5.73 Å². The summed E-state index contributed by atoms with van der Waals surface area (Å²) in [4.78, 5) is 14.4. The van der Waals surface area contributed by atoms with E-state index in [4.69, 9.17) is 5.73 Å². The molecule has 1 rings (SSSR count). The molecule has 1 aromatic heterocycles. The third kappa shape index (κ3) is 3.53. The molecule has 14 heavy (non-hydrogen) atoms. The summed E-state index contributed by atoms with van der Waals surface area (Å²) in [5.74, 6) is -0.278. The lowest BCUT2D eigenvalue weighted by molar-refractivity contribution is -0.117. The number of pyridine rings is 1. The molecule has 0 aliphatic rings. The summed E-state index contributed by atoms with van der Waals surface area (Å²) >= 11 is 0. The first-order valence-electron chi connectivity index (χ1n) is 4.62. The van der Waals surface area contributed by atoms with Gasteiger partial charge in [0.25, 0.3) is 0 Å². The van der Waals surface area contributed by atoms with Crippen LogP contribution in [-0.4, -0.2) is 17.4 Å². The molecule has 0 radical (unpaired) electrons. The first kappa shape index (κ1) is 10.7. The fraction of sp³-hybridized carbons (Fsp3) is 0.400. The SMILES string of the molecule is C[C@@H](NCCC(N)=O)c1ccncc1. The molecule has 0 aliphatic heterocycles. The number of hydrogen-bond donors (Lipinski definition) is 2. The van der Waals surface area contributed by atoms with E-state index in [1.54, 1.807) is 12.4 Å². The van der Waals surface area contributed by atoms with E-state index in [9.17, 15) is 4.79 Å². The highest BCUT2D eigenvalue weighted by Gasteiger charge is 2.03. The fourth-order valence-electron chi connectivity index (χ4n) is 1.18. The maximum Gasteiger partial charge on any atom is 0.218 e. The number of nitrogens with two attached hydrogens (primary N) is 1. The van der Waals surface area contributed by atoms with Crippen molar-refractivity contribution in [3.8, 4) is 0 Å². The van der Waals surface area contributed by atoms with Gasteiger partial charge in [-0.15, -0.1) is 0 Å². The van der Waals surface area contributed by atoms with Gasteiger partial charge < -0.3 is 11.1 Å². The predicted molar refractivity (Wildman–Crippen MR) is 54.5 cm³/mol. The molecule has 0 saturated carbocycles. The van der Waals surface area contributed by atoms with Crippen LogP contribution in [0.4, 0.5) is 0 Å². The van der Waals surface area contributed by atoms with E-state index in [1.165, 1.54) is 0 Å². The van der Waals surface area contributed by atoms with Crippen molar-refractivity contribution in [2.75, 3.05) is 6.54 Å². The zero-order valence-electron chi connectivity index (χ0n) is 8.23.